The van der Waals surface area contributed by atoms with Gasteiger partial charge in [0.05, 0.1) is 7.11 Å². The van der Waals surface area contributed by atoms with Gasteiger partial charge in [0.15, 0.2) is 0 Å². The van der Waals surface area contributed by atoms with Gasteiger partial charge in [-0.05, 0) is 24.1 Å². The molecule has 0 fully saturated rings. The fourth-order valence-electron chi connectivity index (χ4n) is 0.969. The van der Waals surface area contributed by atoms with Gasteiger partial charge in [-0.15, -0.1) is 0 Å². The molecule has 0 aliphatic rings. The summed E-state index contributed by atoms with van der Waals surface area (Å²) in [7, 11) is 3.03. The summed E-state index contributed by atoms with van der Waals surface area (Å²) < 4.78 is 5.98. The second-order valence-corrected chi connectivity index (χ2v) is 3.73. The largest absolute Gasteiger partial charge is 0.468 e. The second-order valence-electron chi connectivity index (χ2n) is 3.19. The lowest BCUT2D eigenvalue weighted by atomic mass is 10.0. The summed E-state index contributed by atoms with van der Waals surface area (Å²) in [4.78, 5) is 11.1. The van der Waals surface area contributed by atoms with E-state index in [1.54, 1.807) is 7.05 Å². The van der Waals surface area contributed by atoms with Crippen LogP contribution in [-0.2, 0) is 9.53 Å². The van der Waals surface area contributed by atoms with Crippen molar-refractivity contribution in [2.45, 2.75) is 26.3 Å². The molecule has 0 aromatic rings. The summed E-state index contributed by atoms with van der Waals surface area (Å²) in [5.41, 5.74) is 0. The molecular weight excluding hydrogens is 178 g/mol. The van der Waals surface area contributed by atoms with Crippen LogP contribution in [0.25, 0.3) is 0 Å². The number of hydrogen-bond donors (Lipinski definition) is 0. The Morgan fingerprint density at radius 2 is 2.08 bits per heavy atom. The van der Waals surface area contributed by atoms with E-state index in [0.29, 0.717) is 12.3 Å². The number of likely N-dealkylation sites (N-methyl/N-ethyl adjacent to an activating group) is 1. The van der Waals surface area contributed by atoms with Crippen LogP contribution in [0.2, 0.25) is 0 Å². The maximum Gasteiger partial charge on any atom is 0.324 e. The minimum absolute atomic E-state index is 0.277. The number of carbonyl (C=O) groups is 1. The lowest BCUT2D eigenvalue weighted by molar-refractivity contribution is -0.145. The molecule has 4 heteroatoms. The molecule has 3 nitrogen and oxygen atoms in total. The first-order valence-electron chi connectivity index (χ1n) is 3.95. The standard InChI is InChI=1S/C8H16ClNO2/c1-6(2)5-7(10(3)9)8(11)12-4/h6-7H,5H2,1-4H3. The first kappa shape index (κ1) is 11.7. The highest BCUT2D eigenvalue weighted by Crippen LogP contribution is 2.12. The topological polar surface area (TPSA) is 29.5 Å². The number of hydrogen-bond acceptors (Lipinski definition) is 3. The van der Waals surface area contributed by atoms with Crippen molar-refractivity contribution in [3.63, 3.8) is 0 Å². The van der Waals surface area contributed by atoms with Crippen LogP contribution >= 0.6 is 11.8 Å². The van der Waals surface area contributed by atoms with E-state index in [9.17, 15) is 4.79 Å². The summed E-state index contributed by atoms with van der Waals surface area (Å²) in [6, 6.07) is -0.336. The van der Waals surface area contributed by atoms with Crippen LogP contribution in [0.3, 0.4) is 0 Å². The van der Waals surface area contributed by atoms with Crippen molar-refractivity contribution < 1.29 is 9.53 Å². The zero-order chi connectivity index (χ0) is 9.72. The Morgan fingerprint density at radius 1 is 1.58 bits per heavy atom. The Kier molecular flexibility index (Phi) is 5.25. The van der Waals surface area contributed by atoms with Crippen molar-refractivity contribution in [3.05, 3.63) is 0 Å². The van der Waals surface area contributed by atoms with E-state index >= 15 is 0 Å². The summed E-state index contributed by atoms with van der Waals surface area (Å²) >= 11 is 5.69. The highest BCUT2D eigenvalue weighted by molar-refractivity contribution is 6.14. The molecule has 0 rings (SSSR count). The number of ether oxygens (including phenoxy) is 1. The first-order valence-corrected chi connectivity index (χ1v) is 4.29. The molecule has 12 heavy (non-hydrogen) atoms. The van der Waals surface area contributed by atoms with Gasteiger partial charge in [0.2, 0.25) is 0 Å². The third-order valence-corrected chi connectivity index (χ3v) is 1.83. The zero-order valence-electron chi connectivity index (χ0n) is 8.00. The van der Waals surface area contributed by atoms with Crippen molar-refractivity contribution in [1.29, 1.82) is 0 Å². The number of nitrogens with zero attached hydrogens (tertiary/aromatic N) is 1. The van der Waals surface area contributed by atoms with E-state index in [2.05, 4.69) is 4.74 Å². The number of esters is 1. The van der Waals surface area contributed by atoms with E-state index in [4.69, 9.17) is 11.8 Å². The molecule has 0 bridgehead atoms. The lowest BCUT2D eigenvalue weighted by Gasteiger charge is -2.20. The van der Waals surface area contributed by atoms with Crippen LogP contribution in [0.4, 0.5) is 0 Å². The van der Waals surface area contributed by atoms with Crippen molar-refractivity contribution in [2.24, 2.45) is 5.92 Å². The Labute approximate surface area is 78.7 Å². The van der Waals surface area contributed by atoms with E-state index < -0.39 is 0 Å². The first-order chi connectivity index (χ1) is 5.49. The van der Waals surface area contributed by atoms with Crippen LogP contribution < -0.4 is 0 Å². The van der Waals surface area contributed by atoms with Gasteiger partial charge in [0.25, 0.3) is 0 Å². The number of rotatable bonds is 4. The van der Waals surface area contributed by atoms with E-state index in [-0.39, 0.29) is 12.0 Å². The molecule has 0 heterocycles. The highest BCUT2D eigenvalue weighted by atomic mass is 35.5. The van der Waals surface area contributed by atoms with Gasteiger partial charge in [0, 0.05) is 7.05 Å². The van der Waals surface area contributed by atoms with Crippen LogP contribution in [0.15, 0.2) is 0 Å². The average Bonchev–Trinajstić information content (AvgIpc) is 1.98. The molecule has 1 atom stereocenters. The van der Waals surface area contributed by atoms with Gasteiger partial charge < -0.3 is 4.74 Å². The lowest BCUT2D eigenvalue weighted by Crippen LogP contribution is -2.34. The summed E-state index contributed by atoms with van der Waals surface area (Å²) in [6.07, 6.45) is 0.715. The maximum atomic E-state index is 11.1. The quantitative estimate of drug-likeness (QED) is 0.503. The Balaban J connectivity index is 4.13. The Bertz CT molecular complexity index is 148. The molecule has 0 saturated heterocycles. The number of halogens is 1. The van der Waals surface area contributed by atoms with Crippen LogP contribution in [0.5, 0.6) is 0 Å². The van der Waals surface area contributed by atoms with Gasteiger partial charge in [-0.3, -0.25) is 4.79 Å². The summed E-state index contributed by atoms with van der Waals surface area (Å²) in [5, 5.41) is 0. The Hall–Kier alpha value is -0.280. The molecule has 0 aliphatic heterocycles. The second kappa shape index (κ2) is 5.38. The molecule has 0 spiro atoms. The van der Waals surface area contributed by atoms with Crippen molar-refractivity contribution in [3.8, 4) is 0 Å². The van der Waals surface area contributed by atoms with Crippen LogP contribution in [0, 0.1) is 5.92 Å². The molecule has 0 radical (unpaired) electrons. The predicted octanol–water partition coefficient (Wildman–Crippen LogP) is 1.66. The number of carbonyl (C=O) groups excluding carboxylic acids is 1. The molecule has 1 unspecified atom stereocenters. The molecule has 0 N–H and O–H groups in total. The van der Waals surface area contributed by atoms with Gasteiger partial charge in [0.1, 0.15) is 6.04 Å². The minimum atomic E-state index is -0.336. The fraction of sp³-hybridized carbons (Fsp3) is 0.875. The average molecular weight is 194 g/mol. The molecule has 0 aliphatic carbocycles. The normalized spacial score (nSPS) is 13.6. The van der Waals surface area contributed by atoms with Gasteiger partial charge in [-0.2, -0.15) is 0 Å². The SMILES string of the molecule is COC(=O)C(CC(C)C)N(C)Cl. The van der Waals surface area contributed by atoms with Crippen molar-refractivity contribution in [1.82, 2.24) is 4.42 Å². The van der Waals surface area contributed by atoms with Crippen molar-refractivity contribution >= 4 is 17.7 Å². The molecule has 0 aromatic heterocycles. The summed E-state index contributed by atoms with van der Waals surface area (Å²) in [5.74, 6) is 0.150. The van der Waals surface area contributed by atoms with E-state index in [0.717, 1.165) is 0 Å². The predicted molar refractivity (Wildman–Crippen MR) is 48.9 cm³/mol. The smallest absolute Gasteiger partial charge is 0.324 e. The minimum Gasteiger partial charge on any atom is -0.468 e. The van der Waals surface area contributed by atoms with Crippen molar-refractivity contribution in [2.75, 3.05) is 14.2 Å². The molecule has 0 amide bonds. The molecular formula is C8H16ClNO2. The molecule has 0 saturated carbocycles. The zero-order valence-corrected chi connectivity index (χ0v) is 8.76. The van der Waals surface area contributed by atoms with Crippen LogP contribution in [-0.4, -0.2) is 30.6 Å². The Morgan fingerprint density at radius 3 is 2.33 bits per heavy atom. The van der Waals surface area contributed by atoms with E-state index in [1.807, 2.05) is 13.8 Å². The van der Waals surface area contributed by atoms with Gasteiger partial charge in [-0.1, -0.05) is 13.8 Å². The van der Waals surface area contributed by atoms with Crippen LogP contribution in [0.1, 0.15) is 20.3 Å². The van der Waals surface area contributed by atoms with E-state index in [1.165, 1.54) is 11.5 Å². The maximum absolute atomic E-state index is 11.1. The molecule has 0 aromatic carbocycles. The number of methoxy groups -OCH3 is 1. The third kappa shape index (κ3) is 3.93. The summed E-state index contributed by atoms with van der Waals surface area (Å²) in [6.45, 7) is 4.08. The monoisotopic (exact) mass is 193 g/mol. The fourth-order valence-corrected chi connectivity index (χ4v) is 1.13. The third-order valence-electron chi connectivity index (χ3n) is 1.60. The molecule has 72 valence electrons. The van der Waals surface area contributed by atoms with Gasteiger partial charge in [-0.25, -0.2) is 4.42 Å². The van der Waals surface area contributed by atoms with Gasteiger partial charge >= 0.3 is 5.97 Å². The highest BCUT2D eigenvalue weighted by Gasteiger charge is 2.23.